The molecule has 1 aromatic rings. The van der Waals surface area contributed by atoms with E-state index in [0.29, 0.717) is 29.5 Å². The molecule has 5 heteroatoms. The highest BCUT2D eigenvalue weighted by Crippen LogP contribution is 2.29. The first-order valence-electron chi connectivity index (χ1n) is 6.30. The van der Waals surface area contributed by atoms with Crippen molar-refractivity contribution in [1.29, 1.82) is 0 Å². The first-order chi connectivity index (χ1) is 8.93. The summed E-state index contributed by atoms with van der Waals surface area (Å²) in [5.74, 6) is -0.0662. The Morgan fingerprint density at radius 1 is 1.42 bits per heavy atom. The minimum absolute atomic E-state index is 0.129. The molecular weight excluding hydrogens is 285 g/mol. The van der Waals surface area contributed by atoms with Gasteiger partial charge < -0.3 is 10.5 Å². The zero-order chi connectivity index (χ0) is 14.4. The zero-order valence-corrected chi connectivity index (χ0v) is 12.7. The van der Waals surface area contributed by atoms with Crippen LogP contribution < -0.4 is 5.73 Å². The second kappa shape index (κ2) is 7.73. The van der Waals surface area contributed by atoms with Crippen molar-refractivity contribution in [3.63, 3.8) is 0 Å². The maximum atomic E-state index is 11.4. The smallest absolute Gasteiger partial charge is 0.306 e. The van der Waals surface area contributed by atoms with Crippen molar-refractivity contribution in [2.45, 2.75) is 32.7 Å². The van der Waals surface area contributed by atoms with Gasteiger partial charge in [0.15, 0.2) is 0 Å². The molecule has 1 rings (SSSR count). The number of ether oxygens (including phenoxy) is 1. The van der Waals surface area contributed by atoms with Crippen molar-refractivity contribution in [3.05, 3.63) is 33.8 Å². The van der Waals surface area contributed by atoms with E-state index in [2.05, 4.69) is 0 Å². The summed E-state index contributed by atoms with van der Waals surface area (Å²) in [5, 5.41) is 1.20. The summed E-state index contributed by atoms with van der Waals surface area (Å²) in [5.41, 5.74) is 6.93. The summed E-state index contributed by atoms with van der Waals surface area (Å²) in [7, 11) is 0. The molecule has 0 aliphatic carbocycles. The molecule has 106 valence electrons. The summed E-state index contributed by atoms with van der Waals surface area (Å²) < 4.78 is 4.92. The van der Waals surface area contributed by atoms with Crippen LogP contribution in [0.1, 0.15) is 38.3 Å². The Kier molecular flexibility index (Phi) is 6.63. The van der Waals surface area contributed by atoms with E-state index in [-0.39, 0.29) is 17.9 Å². The van der Waals surface area contributed by atoms with Gasteiger partial charge in [-0.3, -0.25) is 4.79 Å². The number of carbonyl (C=O) groups is 1. The Hall–Kier alpha value is -0.770. The fourth-order valence-corrected chi connectivity index (χ4v) is 2.39. The number of nitrogens with two attached hydrogens (primary N) is 1. The average molecular weight is 304 g/mol. The second-order valence-corrected chi connectivity index (χ2v) is 5.47. The lowest BCUT2D eigenvalue weighted by Crippen LogP contribution is -2.17. The number of halogens is 2. The summed E-state index contributed by atoms with van der Waals surface area (Å²) in [6, 6.07) is 4.98. The third-order valence-corrected chi connectivity index (χ3v) is 3.41. The van der Waals surface area contributed by atoms with Crippen LogP contribution in [0.25, 0.3) is 0 Å². The molecule has 19 heavy (non-hydrogen) atoms. The van der Waals surface area contributed by atoms with Gasteiger partial charge in [-0.15, -0.1) is 0 Å². The molecule has 3 nitrogen and oxygen atoms in total. The van der Waals surface area contributed by atoms with Crippen molar-refractivity contribution in [2.75, 3.05) is 6.61 Å². The Morgan fingerprint density at radius 2 is 2.11 bits per heavy atom. The van der Waals surface area contributed by atoms with Gasteiger partial charge in [-0.1, -0.05) is 30.1 Å². The van der Waals surface area contributed by atoms with Crippen molar-refractivity contribution in [1.82, 2.24) is 0 Å². The molecule has 0 fully saturated rings. The number of carbonyl (C=O) groups excluding carboxylic acids is 1. The molecule has 0 saturated heterocycles. The van der Waals surface area contributed by atoms with Gasteiger partial charge in [-0.05, 0) is 43.0 Å². The Labute approximate surface area is 124 Å². The molecule has 0 saturated carbocycles. The van der Waals surface area contributed by atoms with Crippen LogP contribution in [-0.2, 0) is 9.53 Å². The predicted molar refractivity (Wildman–Crippen MR) is 78.4 cm³/mol. The second-order valence-electron chi connectivity index (χ2n) is 4.62. The van der Waals surface area contributed by atoms with Gasteiger partial charge >= 0.3 is 5.97 Å². The molecule has 2 N–H and O–H groups in total. The Bertz CT molecular complexity index is 437. The van der Waals surface area contributed by atoms with Gasteiger partial charge in [0.2, 0.25) is 0 Å². The number of hydrogen-bond acceptors (Lipinski definition) is 3. The van der Waals surface area contributed by atoms with E-state index in [1.165, 1.54) is 0 Å². The number of hydrogen-bond donors (Lipinski definition) is 1. The van der Waals surface area contributed by atoms with Gasteiger partial charge in [-0.25, -0.2) is 0 Å². The average Bonchev–Trinajstić information content (AvgIpc) is 2.32. The monoisotopic (exact) mass is 303 g/mol. The largest absolute Gasteiger partial charge is 0.466 e. The van der Waals surface area contributed by atoms with Crippen LogP contribution in [-0.4, -0.2) is 12.6 Å². The van der Waals surface area contributed by atoms with Crippen LogP contribution >= 0.6 is 23.2 Å². The normalized spacial score (nSPS) is 13.9. The molecule has 2 unspecified atom stereocenters. The van der Waals surface area contributed by atoms with E-state index in [1.807, 2.05) is 6.92 Å². The first-order valence-corrected chi connectivity index (χ1v) is 7.05. The molecule has 0 aliphatic heterocycles. The lowest BCUT2D eigenvalue weighted by molar-refractivity contribution is -0.144. The van der Waals surface area contributed by atoms with E-state index < -0.39 is 0 Å². The van der Waals surface area contributed by atoms with Gasteiger partial charge in [0.1, 0.15) is 0 Å². The molecule has 0 aromatic heterocycles. The van der Waals surface area contributed by atoms with E-state index in [0.717, 1.165) is 5.56 Å². The van der Waals surface area contributed by atoms with E-state index in [4.69, 9.17) is 33.7 Å². The van der Waals surface area contributed by atoms with Crippen LogP contribution in [0.3, 0.4) is 0 Å². The molecule has 0 radical (unpaired) electrons. The fourth-order valence-electron chi connectivity index (χ4n) is 1.95. The molecule has 0 bridgehead atoms. The third-order valence-electron chi connectivity index (χ3n) is 2.83. The Balaban J connectivity index is 2.61. The van der Waals surface area contributed by atoms with Crippen LogP contribution in [0.15, 0.2) is 18.2 Å². The summed E-state index contributed by atoms with van der Waals surface area (Å²) in [4.78, 5) is 11.4. The topological polar surface area (TPSA) is 52.3 Å². The minimum atomic E-state index is -0.240. The zero-order valence-electron chi connectivity index (χ0n) is 11.2. The highest BCUT2D eigenvalue weighted by molar-refractivity contribution is 6.33. The van der Waals surface area contributed by atoms with Crippen LogP contribution in [0.2, 0.25) is 10.0 Å². The molecule has 0 amide bonds. The maximum Gasteiger partial charge on any atom is 0.306 e. The molecule has 0 aliphatic rings. The number of benzene rings is 1. The van der Waals surface area contributed by atoms with Gasteiger partial charge in [0.25, 0.3) is 0 Å². The maximum absolute atomic E-state index is 11.4. The minimum Gasteiger partial charge on any atom is -0.466 e. The number of esters is 1. The van der Waals surface area contributed by atoms with Crippen molar-refractivity contribution < 1.29 is 9.53 Å². The molecule has 1 aromatic carbocycles. The van der Waals surface area contributed by atoms with Crippen molar-refractivity contribution >= 4 is 29.2 Å². The lowest BCUT2D eigenvalue weighted by atomic mass is 9.94. The summed E-state index contributed by atoms with van der Waals surface area (Å²) in [6.07, 6.45) is 1.01. The van der Waals surface area contributed by atoms with E-state index >= 15 is 0 Å². The summed E-state index contributed by atoms with van der Waals surface area (Å²) in [6.45, 7) is 4.16. The fraction of sp³-hybridized carbons (Fsp3) is 0.500. The SMILES string of the molecule is CCOC(=O)CC(C)CC(N)c1cc(Cl)ccc1Cl. The van der Waals surface area contributed by atoms with Crippen LogP contribution in [0.4, 0.5) is 0 Å². The molecule has 2 atom stereocenters. The highest BCUT2D eigenvalue weighted by atomic mass is 35.5. The standard InChI is InChI=1S/C14H19Cl2NO2/c1-3-19-14(18)7-9(2)6-13(17)11-8-10(15)4-5-12(11)16/h4-5,8-9,13H,3,6-7,17H2,1-2H3. The quantitative estimate of drug-likeness (QED) is 0.809. The highest BCUT2D eigenvalue weighted by Gasteiger charge is 2.17. The Morgan fingerprint density at radius 3 is 2.74 bits per heavy atom. The van der Waals surface area contributed by atoms with Crippen molar-refractivity contribution in [2.24, 2.45) is 11.7 Å². The van der Waals surface area contributed by atoms with Crippen LogP contribution in [0.5, 0.6) is 0 Å². The van der Waals surface area contributed by atoms with Gasteiger partial charge in [-0.2, -0.15) is 0 Å². The first kappa shape index (κ1) is 16.3. The van der Waals surface area contributed by atoms with Gasteiger partial charge in [0.05, 0.1) is 6.61 Å². The molecular formula is C14H19Cl2NO2. The predicted octanol–water partition coefficient (Wildman–Crippen LogP) is 3.97. The lowest BCUT2D eigenvalue weighted by Gasteiger charge is -2.18. The summed E-state index contributed by atoms with van der Waals surface area (Å²) >= 11 is 12.0. The molecule has 0 spiro atoms. The number of rotatable bonds is 6. The van der Waals surface area contributed by atoms with Crippen molar-refractivity contribution in [3.8, 4) is 0 Å². The van der Waals surface area contributed by atoms with Crippen LogP contribution in [0, 0.1) is 5.92 Å². The van der Waals surface area contributed by atoms with E-state index in [9.17, 15) is 4.79 Å². The van der Waals surface area contributed by atoms with E-state index in [1.54, 1.807) is 25.1 Å². The van der Waals surface area contributed by atoms with Gasteiger partial charge in [0, 0.05) is 22.5 Å². The third kappa shape index (κ3) is 5.39. The molecule has 0 heterocycles.